The Morgan fingerprint density at radius 2 is 2.08 bits per heavy atom. The zero-order chi connectivity index (χ0) is 16.4. The van der Waals surface area contributed by atoms with Gasteiger partial charge in [0.1, 0.15) is 5.65 Å². The molecule has 24 heavy (non-hydrogen) atoms. The van der Waals surface area contributed by atoms with Crippen molar-refractivity contribution < 1.29 is 0 Å². The van der Waals surface area contributed by atoms with Crippen LogP contribution in [0.2, 0.25) is 0 Å². The Kier molecular flexibility index (Phi) is 4.22. The molecule has 0 aliphatic carbocycles. The normalized spacial score (nSPS) is 18.8. The number of piperidine rings is 1. The Bertz CT molecular complexity index is 796. The Balaban J connectivity index is 1.50. The number of rotatable bonds is 4. The largest absolute Gasteiger partial charge is 0.370 e. The summed E-state index contributed by atoms with van der Waals surface area (Å²) in [6.45, 7) is 3.34. The van der Waals surface area contributed by atoms with Crippen molar-refractivity contribution >= 4 is 16.7 Å². The minimum Gasteiger partial charge on any atom is -0.370 e. The smallest absolute Gasteiger partial charge is 0.139 e. The summed E-state index contributed by atoms with van der Waals surface area (Å²) in [5.41, 5.74) is 3.64. The minimum absolute atomic E-state index is 0.544. The average molecular weight is 320 g/mol. The van der Waals surface area contributed by atoms with Crippen LogP contribution < -0.4 is 4.90 Å². The number of aromatic nitrogens is 2. The second-order valence-corrected chi connectivity index (χ2v) is 6.70. The van der Waals surface area contributed by atoms with Crippen LogP contribution in [-0.4, -0.2) is 41.0 Å². The van der Waals surface area contributed by atoms with Crippen LogP contribution in [0.15, 0.2) is 54.9 Å². The van der Waals surface area contributed by atoms with Crippen LogP contribution in [0, 0.1) is 0 Å². The van der Waals surface area contributed by atoms with E-state index in [1.807, 2.05) is 12.4 Å². The molecule has 1 saturated heterocycles. The monoisotopic (exact) mass is 320 g/mol. The number of nitrogens with one attached hydrogen (secondary N) is 1. The summed E-state index contributed by atoms with van der Waals surface area (Å²) in [6, 6.07) is 15.6. The molecule has 0 radical (unpaired) electrons. The highest BCUT2D eigenvalue weighted by Gasteiger charge is 2.24. The summed E-state index contributed by atoms with van der Waals surface area (Å²) in [5.74, 6) is 0. The predicted molar refractivity (Wildman–Crippen MR) is 99.2 cm³/mol. The van der Waals surface area contributed by atoms with Gasteiger partial charge in [0, 0.05) is 49.6 Å². The van der Waals surface area contributed by atoms with Crippen LogP contribution in [0.4, 0.5) is 5.69 Å². The van der Waals surface area contributed by atoms with E-state index >= 15 is 0 Å². The maximum absolute atomic E-state index is 4.41. The average Bonchev–Trinajstić information content (AvgIpc) is 3.11. The van der Waals surface area contributed by atoms with Gasteiger partial charge in [0.05, 0.1) is 0 Å². The number of aromatic amines is 1. The zero-order valence-corrected chi connectivity index (χ0v) is 14.2. The van der Waals surface area contributed by atoms with Crippen molar-refractivity contribution in [3.05, 3.63) is 60.4 Å². The maximum atomic E-state index is 4.41. The molecule has 0 saturated carbocycles. The zero-order valence-electron chi connectivity index (χ0n) is 14.2. The van der Waals surface area contributed by atoms with Crippen LogP contribution in [-0.2, 0) is 6.54 Å². The number of hydrogen-bond acceptors (Lipinski definition) is 3. The fraction of sp³-hybridized carbons (Fsp3) is 0.350. The number of nitrogens with zero attached hydrogens (tertiary/aromatic N) is 3. The molecular weight excluding hydrogens is 296 g/mol. The van der Waals surface area contributed by atoms with Crippen molar-refractivity contribution in [3.8, 4) is 0 Å². The summed E-state index contributed by atoms with van der Waals surface area (Å²) in [7, 11) is 2.22. The Morgan fingerprint density at radius 1 is 1.21 bits per heavy atom. The van der Waals surface area contributed by atoms with E-state index in [9.17, 15) is 0 Å². The molecule has 0 bridgehead atoms. The van der Waals surface area contributed by atoms with E-state index in [2.05, 4.69) is 69.3 Å². The van der Waals surface area contributed by atoms with Gasteiger partial charge in [-0.05, 0) is 37.1 Å². The van der Waals surface area contributed by atoms with Crippen molar-refractivity contribution in [2.75, 3.05) is 25.0 Å². The first-order valence-electron chi connectivity index (χ1n) is 8.72. The number of likely N-dealkylation sites (tertiary alicyclic amines) is 1. The fourth-order valence-corrected chi connectivity index (χ4v) is 3.78. The van der Waals surface area contributed by atoms with Crippen LogP contribution in [0.25, 0.3) is 11.0 Å². The van der Waals surface area contributed by atoms with Gasteiger partial charge in [0.15, 0.2) is 0 Å². The molecule has 0 unspecified atom stereocenters. The van der Waals surface area contributed by atoms with Crippen LogP contribution >= 0.6 is 0 Å². The van der Waals surface area contributed by atoms with Gasteiger partial charge in [-0.25, -0.2) is 4.98 Å². The molecule has 1 atom stereocenters. The maximum Gasteiger partial charge on any atom is 0.139 e. The third kappa shape index (κ3) is 3.02. The molecule has 4 rings (SSSR count). The summed E-state index contributed by atoms with van der Waals surface area (Å²) in [6.07, 6.45) is 6.37. The highest BCUT2D eigenvalue weighted by Crippen LogP contribution is 2.28. The molecule has 4 heteroatoms. The number of benzene rings is 1. The molecule has 1 aromatic carbocycles. The van der Waals surface area contributed by atoms with E-state index in [0.29, 0.717) is 6.04 Å². The number of H-pyrrole nitrogens is 1. The van der Waals surface area contributed by atoms with Crippen LogP contribution in [0.3, 0.4) is 0 Å². The lowest BCUT2D eigenvalue weighted by molar-refractivity contribution is 0.199. The Labute approximate surface area is 143 Å². The number of likely N-dealkylation sites (N-methyl/N-ethyl adjacent to an activating group) is 1. The lowest BCUT2D eigenvalue weighted by Gasteiger charge is -2.39. The van der Waals surface area contributed by atoms with Crippen LogP contribution in [0.1, 0.15) is 18.4 Å². The molecule has 3 heterocycles. The number of pyridine rings is 1. The summed E-state index contributed by atoms with van der Waals surface area (Å²) < 4.78 is 0. The van der Waals surface area contributed by atoms with Gasteiger partial charge < -0.3 is 9.88 Å². The number of fused-ring (bicyclic) bond motifs is 1. The summed E-state index contributed by atoms with van der Waals surface area (Å²) in [5, 5.41) is 1.21. The SMILES string of the molecule is CN(c1ccnc2[nH]ccc12)[C@@H]1CCCN(Cc2ccccc2)C1. The molecule has 2 aromatic heterocycles. The summed E-state index contributed by atoms with van der Waals surface area (Å²) in [4.78, 5) is 12.6. The highest BCUT2D eigenvalue weighted by atomic mass is 15.2. The van der Waals surface area contributed by atoms with E-state index < -0.39 is 0 Å². The van der Waals surface area contributed by atoms with E-state index in [0.717, 1.165) is 18.7 Å². The highest BCUT2D eigenvalue weighted by molar-refractivity contribution is 5.89. The van der Waals surface area contributed by atoms with E-state index in [1.54, 1.807) is 0 Å². The molecule has 4 nitrogen and oxygen atoms in total. The van der Waals surface area contributed by atoms with Gasteiger partial charge in [0.25, 0.3) is 0 Å². The van der Waals surface area contributed by atoms with Gasteiger partial charge in [-0.1, -0.05) is 30.3 Å². The third-order valence-corrected chi connectivity index (χ3v) is 5.09. The molecule has 1 fully saturated rings. The molecule has 0 spiro atoms. The lowest BCUT2D eigenvalue weighted by Crippen LogP contribution is -2.46. The Morgan fingerprint density at radius 3 is 2.96 bits per heavy atom. The number of anilines is 1. The molecule has 1 N–H and O–H groups in total. The Hall–Kier alpha value is -2.33. The van der Waals surface area contributed by atoms with Crippen molar-refractivity contribution in [1.29, 1.82) is 0 Å². The molecule has 124 valence electrons. The topological polar surface area (TPSA) is 35.2 Å². The van der Waals surface area contributed by atoms with E-state index in [1.165, 1.54) is 36.0 Å². The van der Waals surface area contributed by atoms with E-state index in [-0.39, 0.29) is 0 Å². The van der Waals surface area contributed by atoms with Crippen molar-refractivity contribution in [2.45, 2.75) is 25.4 Å². The number of hydrogen-bond donors (Lipinski definition) is 1. The molecule has 1 aliphatic heterocycles. The van der Waals surface area contributed by atoms with Crippen molar-refractivity contribution in [3.63, 3.8) is 0 Å². The van der Waals surface area contributed by atoms with Gasteiger partial charge in [0.2, 0.25) is 0 Å². The minimum atomic E-state index is 0.544. The van der Waals surface area contributed by atoms with Crippen LogP contribution in [0.5, 0.6) is 0 Å². The van der Waals surface area contributed by atoms with Gasteiger partial charge >= 0.3 is 0 Å². The quantitative estimate of drug-likeness (QED) is 0.797. The second kappa shape index (κ2) is 6.65. The molecule has 1 aliphatic rings. The predicted octanol–water partition coefficient (Wildman–Crippen LogP) is 3.66. The molecule has 0 amide bonds. The van der Waals surface area contributed by atoms with Gasteiger partial charge in [-0.15, -0.1) is 0 Å². The first kappa shape index (κ1) is 15.2. The first-order chi connectivity index (χ1) is 11.8. The van der Waals surface area contributed by atoms with Crippen molar-refractivity contribution in [1.82, 2.24) is 14.9 Å². The second-order valence-electron chi connectivity index (χ2n) is 6.70. The molecule has 3 aromatic rings. The lowest BCUT2D eigenvalue weighted by atomic mass is 10.0. The van der Waals surface area contributed by atoms with Gasteiger partial charge in [-0.2, -0.15) is 0 Å². The third-order valence-electron chi connectivity index (χ3n) is 5.09. The van der Waals surface area contributed by atoms with Crippen molar-refractivity contribution in [2.24, 2.45) is 0 Å². The van der Waals surface area contributed by atoms with Gasteiger partial charge in [-0.3, -0.25) is 4.90 Å². The standard InChI is InChI=1S/C20H24N4/c1-23(19-10-12-22-20-18(19)9-11-21-20)17-8-5-13-24(15-17)14-16-6-3-2-4-7-16/h2-4,6-7,9-12,17H,5,8,13-15H2,1H3,(H,21,22)/t17-/m1/s1. The molecular formula is C20H24N4. The summed E-state index contributed by atoms with van der Waals surface area (Å²) >= 11 is 0. The fourth-order valence-electron chi connectivity index (χ4n) is 3.78. The van der Waals surface area contributed by atoms with E-state index in [4.69, 9.17) is 0 Å². The first-order valence-corrected chi connectivity index (χ1v) is 8.72.